The molecule has 0 heterocycles. The molecule has 3 aromatic carbocycles. The molecule has 0 amide bonds. The van der Waals surface area contributed by atoms with E-state index < -0.39 is 0 Å². The van der Waals surface area contributed by atoms with Gasteiger partial charge < -0.3 is 15.4 Å². The maximum atomic E-state index is 5.94. The number of hydrogen-bond acceptors (Lipinski definition) is 4. The summed E-state index contributed by atoms with van der Waals surface area (Å²) in [6.07, 6.45) is 3.60. The van der Waals surface area contributed by atoms with E-state index in [0.717, 1.165) is 18.8 Å². The Morgan fingerprint density at radius 3 is 1.76 bits per heavy atom. The van der Waals surface area contributed by atoms with Crippen LogP contribution in [0, 0.1) is 0 Å². The van der Waals surface area contributed by atoms with Gasteiger partial charge in [0.1, 0.15) is 5.75 Å². The van der Waals surface area contributed by atoms with Crippen LogP contribution in [0.3, 0.4) is 0 Å². The van der Waals surface area contributed by atoms with E-state index in [1.165, 1.54) is 48.3 Å². The molecule has 0 saturated carbocycles. The van der Waals surface area contributed by atoms with E-state index in [-0.39, 0.29) is 6.04 Å². The highest BCUT2D eigenvalue weighted by molar-refractivity contribution is 5.79. The van der Waals surface area contributed by atoms with Crippen molar-refractivity contribution in [3.05, 3.63) is 108 Å². The Kier molecular flexibility index (Phi) is 14.4. The second-order valence-electron chi connectivity index (χ2n) is 9.11. The lowest BCUT2D eigenvalue weighted by Gasteiger charge is -2.28. The maximum Gasteiger partial charge on any atom is 0.118 e. The summed E-state index contributed by atoms with van der Waals surface area (Å²) in [6.45, 7) is 14.8. The van der Waals surface area contributed by atoms with Gasteiger partial charge in [0.15, 0.2) is 0 Å². The molecule has 1 atom stereocenters. The van der Waals surface area contributed by atoms with Crippen LogP contribution in [-0.4, -0.2) is 56.2 Å². The molecule has 0 unspecified atom stereocenters. The van der Waals surface area contributed by atoms with Crippen LogP contribution in [0.4, 0.5) is 0 Å². The lowest BCUT2D eigenvalue weighted by Crippen LogP contribution is -2.32. The molecule has 0 aliphatic carbocycles. The van der Waals surface area contributed by atoms with Gasteiger partial charge in [-0.3, -0.25) is 4.90 Å². The topological polar surface area (TPSA) is 41.7 Å². The SMILES string of the molecule is CCCN(CC)CC.COc1ccc([C@@H](C)N(CC=C(c2ccccc2)c2ccccc2)CCN)cc1. The summed E-state index contributed by atoms with van der Waals surface area (Å²) in [6, 6.07) is 29.7. The summed E-state index contributed by atoms with van der Waals surface area (Å²) in [5.74, 6) is 0.877. The summed E-state index contributed by atoms with van der Waals surface area (Å²) in [5.41, 5.74) is 10.9. The minimum Gasteiger partial charge on any atom is -0.497 e. The molecule has 0 radical (unpaired) electrons. The van der Waals surface area contributed by atoms with Crippen molar-refractivity contribution in [2.24, 2.45) is 5.73 Å². The molecule has 0 bridgehead atoms. The third kappa shape index (κ3) is 10.2. The van der Waals surface area contributed by atoms with Crippen LogP contribution in [0.15, 0.2) is 91.0 Å². The van der Waals surface area contributed by atoms with E-state index in [2.05, 4.69) is 116 Å². The summed E-state index contributed by atoms with van der Waals surface area (Å²) in [7, 11) is 1.69. The Labute approximate surface area is 225 Å². The Bertz CT molecular complexity index is 957. The lowest BCUT2D eigenvalue weighted by molar-refractivity contribution is 0.241. The highest BCUT2D eigenvalue weighted by atomic mass is 16.5. The quantitative estimate of drug-likeness (QED) is 0.277. The molecule has 0 spiro atoms. The summed E-state index contributed by atoms with van der Waals surface area (Å²) < 4.78 is 5.29. The Morgan fingerprint density at radius 1 is 0.811 bits per heavy atom. The van der Waals surface area contributed by atoms with E-state index in [1.807, 2.05) is 12.1 Å². The maximum absolute atomic E-state index is 5.94. The molecule has 0 aliphatic heterocycles. The molecule has 3 aromatic rings. The van der Waals surface area contributed by atoms with Gasteiger partial charge in [-0.25, -0.2) is 0 Å². The van der Waals surface area contributed by atoms with E-state index in [9.17, 15) is 0 Å². The second kappa shape index (κ2) is 17.5. The van der Waals surface area contributed by atoms with Gasteiger partial charge >= 0.3 is 0 Å². The van der Waals surface area contributed by atoms with Gasteiger partial charge in [0, 0.05) is 25.7 Å². The highest BCUT2D eigenvalue weighted by Crippen LogP contribution is 2.26. The Hall–Kier alpha value is -2.92. The minimum atomic E-state index is 0.258. The molecule has 3 rings (SSSR count). The largest absolute Gasteiger partial charge is 0.497 e. The van der Waals surface area contributed by atoms with Crippen LogP contribution in [0.25, 0.3) is 5.57 Å². The van der Waals surface area contributed by atoms with Crippen molar-refractivity contribution < 1.29 is 4.74 Å². The van der Waals surface area contributed by atoms with E-state index in [0.29, 0.717) is 6.54 Å². The number of nitrogens with zero attached hydrogens (tertiary/aromatic N) is 2. The van der Waals surface area contributed by atoms with Gasteiger partial charge in [0.25, 0.3) is 0 Å². The number of methoxy groups -OCH3 is 1. The van der Waals surface area contributed by atoms with Crippen molar-refractivity contribution in [2.75, 3.05) is 46.4 Å². The molecule has 0 fully saturated rings. The zero-order valence-corrected chi connectivity index (χ0v) is 23.6. The van der Waals surface area contributed by atoms with Gasteiger partial charge in [0.05, 0.1) is 7.11 Å². The van der Waals surface area contributed by atoms with Gasteiger partial charge in [-0.1, -0.05) is 99.6 Å². The van der Waals surface area contributed by atoms with Crippen LogP contribution in [-0.2, 0) is 0 Å². The van der Waals surface area contributed by atoms with E-state index in [1.54, 1.807) is 7.11 Å². The van der Waals surface area contributed by atoms with Crippen molar-refractivity contribution in [1.82, 2.24) is 9.80 Å². The fraction of sp³-hybridized carbons (Fsp3) is 0.394. The van der Waals surface area contributed by atoms with Crippen molar-refractivity contribution in [3.63, 3.8) is 0 Å². The molecular formula is C33H47N3O. The summed E-state index contributed by atoms with van der Waals surface area (Å²) in [4.78, 5) is 4.84. The standard InChI is InChI=1S/C26H30N2O.C7H17N/c1-21(22-13-15-25(29-2)16-14-22)28(20-18-27)19-17-26(23-9-5-3-6-10-23)24-11-7-4-8-12-24;1-4-7-8(5-2)6-3/h3-17,21H,18-20,27H2,1-2H3;4-7H2,1-3H3/t21-;/m1./s1. The molecule has 0 aromatic heterocycles. The first-order valence-corrected chi connectivity index (χ1v) is 13.7. The zero-order chi connectivity index (χ0) is 26.9. The van der Waals surface area contributed by atoms with Crippen LogP contribution in [0.5, 0.6) is 5.75 Å². The third-order valence-corrected chi connectivity index (χ3v) is 6.70. The van der Waals surface area contributed by atoms with Crippen molar-refractivity contribution in [2.45, 2.75) is 40.2 Å². The van der Waals surface area contributed by atoms with Crippen molar-refractivity contribution >= 4 is 5.57 Å². The molecule has 4 heteroatoms. The zero-order valence-electron chi connectivity index (χ0n) is 23.6. The predicted octanol–water partition coefficient (Wildman–Crippen LogP) is 6.89. The fourth-order valence-electron chi connectivity index (χ4n) is 4.40. The second-order valence-corrected chi connectivity index (χ2v) is 9.11. The predicted molar refractivity (Wildman–Crippen MR) is 160 cm³/mol. The Balaban J connectivity index is 0.000000521. The third-order valence-electron chi connectivity index (χ3n) is 6.70. The van der Waals surface area contributed by atoms with Gasteiger partial charge in [-0.05, 0) is 67.4 Å². The average molecular weight is 502 g/mol. The Morgan fingerprint density at radius 2 is 1.35 bits per heavy atom. The summed E-state index contributed by atoms with van der Waals surface area (Å²) in [5, 5.41) is 0. The van der Waals surface area contributed by atoms with Crippen molar-refractivity contribution in [3.8, 4) is 5.75 Å². The van der Waals surface area contributed by atoms with Gasteiger partial charge in [-0.15, -0.1) is 0 Å². The minimum absolute atomic E-state index is 0.258. The number of ether oxygens (including phenoxy) is 1. The van der Waals surface area contributed by atoms with Gasteiger partial charge in [-0.2, -0.15) is 0 Å². The lowest BCUT2D eigenvalue weighted by atomic mass is 9.97. The molecule has 0 aliphatic rings. The van der Waals surface area contributed by atoms with E-state index >= 15 is 0 Å². The number of benzene rings is 3. The number of rotatable bonds is 13. The first-order valence-electron chi connectivity index (χ1n) is 13.7. The van der Waals surface area contributed by atoms with Crippen LogP contribution in [0.2, 0.25) is 0 Å². The average Bonchev–Trinajstić information content (AvgIpc) is 2.96. The molecule has 0 saturated heterocycles. The van der Waals surface area contributed by atoms with Crippen LogP contribution < -0.4 is 10.5 Å². The molecular weight excluding hydrogens is 454 g/mol. The van der Waals surface area contributed by atoms with Gasteiger partial charge in [0.2, 0.25) is 0 Å². The van der Waals surface area contributed by atoms with Crippen molar-refractivity contribution in [1.29, 1.82) is 0 Å². The molecule has 200 valence electrons. The van der Waals surface area contributed by atoms with Crippen LogP contribution >= 0.6 is 0 Å². The fourth-order valence-corrected chi connectivity index (χ4v) is 4.40. The first-order chi connectivity index (χ1) is 18.1. The normalized spacial score (nSPS) is 11.6. The smallest absolute Gasteiger partial charge is 0.118 e. The molecule has 2 N–H and O–H groups in total. The summed E-state index contributed by atoms with van der Waals surface area (Å²) >= 11 is 0. The molecule has 37 heavy (non-hydrogen) atoms. The van der Waals surface area contributed by atoms with E-state index in [4.69, 9.17) is 10.5 Å². The number of nitrogens with two attached hydrogens (primary N) is 1. The monoisotopic (exact) mass is 501 g/mol. The highest BCUT2D eigenvalue weighted by Gasteiger charge is 2.15. The number of hydrogen-bond donors (Lipinski definition) is 1. The molecule has 4 nitrogen and oxygen atoms in total. The van der Waals surface area contributed by atoms with Crippen LogP contribution in [0.1, 0.15) is 56.8 Å². The first kappa shape index (κ1) is 30.3.